The number of carbonyl (C=O) groups excluding carboxylic acids is 2. The number of amides is 1. The Labute approximate surface area is 151 Å². The van der Waals surface area contributed by atoms with E-state index in [4.69, 9.17) is 9.47 Å². The number of methoxy groups -OCH3 is 2. The highest BCUT2D eigenvalue weighted by Gasteiger charge is 2.39. The third-order valence-corrected chi connectivity index (χ3v) is 4.34. The van der Waals surface area contributed by atoms with Crippen molar-refractivity contribution in [1.29, 1.82) is 0 Å². The monoisotopic (exact) mass is 353 g/mol. The fraction of sp³-hybridized carbons (Fsp3) is 0.200. The standard InChI is InChI=1S/C20H19NO5/c1-11-4-6-12(7-5-11)18(22)16-17(21-20(24)19(16)23)13-8-9-14(25-2)15(10-13)26-3/h4-10,17,22H,1-3H3,(H,21,24)/b18-16+. The molecule has 1 amide bonds. The highest BCUT2D eigenvalue weighted by atomic mass is 16.5. The molecule has 2 aromatic rings. The molecule has 2 N–H and O–H groups in total. The van der Waals surface area contributed by atoms with Crippen LogP contribution in [0.3, 0.4) is 0 Å². The summed E-state index contributed by atoms with van der Waals surface area (Å²) in [7, 11) is 3.02. The Balaban J connectivity index is 2.11. The summed E-state index contributed by atoms with van der Waals surface area (Å²) in [4.78, 5) is 24.3. The number of aliphatic hydroxyl groups excluding tert-OH is 1. The van der Waals surface area contributed by atoms with E-state index in [9.17, 15) is 14.7 Å². The number of nitrogens with one attached hydrogen (secondary N) is 1. The van der Waals surface area contributed by atoms with Crippen molar-refractivity contribution in [1.82, 2.24) is 5.32 Å². The molecule has 1 aliphatic heterocycles. The van der Waals surface area contributed by atoms with Crippen molar-refractivity contribution < 1.29 is 24.2 Å². The fourth-order valence-corrected chi connectivity index (χ4v) is 2.92. The third kappa shape index (κ3) is 3.01. The SMILES string of the molecule is COc1ccc(C2NC(=O)C(=O)/C2=C(/O)c2ccc(C)cc2)cc1OC. The van der Waals surface area contributed by atoms with Crippen LogP contribution in [-0.2, 0) is 9.59 Å². The Bertz CT molecular complexity index is 899. The second-order valence-corrected chi connectivity index (χ2v) is 5.98. The van der Waals surface area contributed by atoms with Gasteiger partial charge in [-0.15, -0.1) is 0 Å². The van der Waals surface area contributed by atoms with E-state index < -0.39 is 17.7 Å². The first-order valence-corrected chi connectivity index (χ1v) is 8.03. The van der Waals surface area contributed by atoms with Crippen LogP contribution in [0.2, 0.25) is 0 Å². The van der Waals surface area contributed by atoms with E-state index in [1.807, 2.05) is 19.1 Å². The molecule has 0 bridgehead atoms. The molecule has 1 atom stereocenters. The first-order chi connectivity index (χ1) is 12.5. The van der Waals surface area contributed by atoms with E-state index in [-0.39, 0.29) is 11.3 Å². The van der Waals surface area contributed by atoms with Crippen LogP contribution in [0, 0.1) is 6.92 Å². The molecule has 6 nitrogen and oxygen atoms in total. The minimum Gasteiger partial charge on any atom is -0.507 e. The lowest BCUT2D eigenvalue weighted by Crippen LogP contribution is -2.21. The number of rotatable bonds is 4. The Morgan fingerprint density at radius 2 is 1.65 bits per heavy atom. The Morgan fingerprint density at radius 3 is 2.27 bits per heavy atom. The lowest BCUT2D eigenvalue weighted by atomic mass is 9.95. The van der Waals surface area contributed by atoms with Crippen molar-refractivity contribution in [3.63, 3.8) is 0 Å². The van der Waals surface area contributed by atoms with Crippen LogP contribution in [0.5, 0.6) is 11.5 Å². The minimum atomic E-state index is -0.767. The van der Waals surface area contributed by atoms with Crippen molar-refractivity contribution in [2.24, 2.45) is 0 Å². The zero-order chi connectivity index (χ0) is 18.8. The summed E-state index contributed by atoms with van der Waals surface area (Å²) in [5.74, 6) is -0.720. The molecule has 1 saturated heterocycles. The van der Waals surface area contributed by atoms with Crippen LogP contribution in [-0.4, -0.2) is 31.0 Å². The van der Waals surface area contributed by atoms with E-state index in [0.29, 0.717) is 22.6 Å². The van der Waals surface area contributed by atoms with Gasteiger partial charge in [0.05, 0.1) is 25.8 Å². The van der Waals surface area contributed by atoms with Crippen molar-refractivity contribution in [2.75, 3.05) is 14.2 Å². The quantitative estimate of drug-likeness (QED) is 0.502. The Kier molecular flexibility index (Phi) is 4.67. The normalized spacial score (nSPS) is 18.5. The average molecular weight is 353 g/mol. The predicted octanol–water partition coefficient (Wildman–Crippen LogP) is 2.72. The van der Waals surface area contributed by atoms with Crippen LogP contribution in [0.1, 0.15) is 22.7 Å². The van der Waals surface area contributed by atoms with Gasteiger partial charge in [-0.2, -0.15) is 0 Å². The molecular weight excluding hydrogens is 334 g/mol. The summed E-state index contributed by atoms with van der Waals surface area (Å²) in [5, 5.41) is 13.3. The summed E-state index contributed by atoms with van der Waals surface area (Å²) in [6.45, 7) is 1.92. The molecule has 6 heteroatoms. The topological polar surface area (TPSA) is 84.9 Å². The van der Waals surface area contributed by atoms with Gasteiger partial charge in [-0.3, -0.25) is 9.59 Å². The van der Waals surface area contributed by atoms with Crippen molar-refractivity contribution >= 4 is 17.4 Å². The summed E-state index contributed by atoms with van der Waals surface area (Å²) in [6.07, 6.45) is 0. The molecule has 0 aromatic heterocycles. The van der Waals surface area contributed by atoms with E-state index in [2.05, 4.69) is 5.32 Å². The third-order valence-electron chi connectivity index (χ3n) is 4.34. The number of hydrogen-bond donors (Lipinski definition) is 2. The lowest BCUT2D eigenvalue weighted by Gasteiger charge is -2.16. The van der Waals surface area contributed by atoms with Gasteiger partial charge in [-0.25, -0.2) is 0 Å². The van der Waals surface area contributed by atoms with Crippen molar-refractivity contribution in [2.45, 2.75) is 13.0 Å². The number of aliphatic hydroxyl groups is 1. The van der Waals surface area contributed by atoms with Gasteiger partial charge in [0.1, 0.15) is 5.76 Å². The number of ketones is 1. The second kappa shape index (κ2) is 6.92. The molecule has 0 spiro atoms. The zero-order valence-electron chi connectivity index (χ0n) is 14.7. The maximum Gasteiger partial charge on any atom is 0.293 e. The van der Waals surface area contributed by atoms with Crippen LogP contribution in [0.25, 0.3) is 5.76 Å². The largest absolute Gasteiger partial charge is 0.507 e. The summed E-state index contributed by atoms with van der Waals surface area (Å²) >= 11 is 0. The minimum absolute atomic E-state index is 0.0195. The van der Waals surface area contributed by atoms with Gasteiger partial charge in [-0.05, 0) is 24.6 Å². The molecule has 1 heterocycles. The Morgan fingerprint density at radius 1 is 1.00 bits per heavy atom. The number of hydrogen-bond acceptors (Lipinski definition) is 5. The van der Waals surface area contributed by atoms with Crippen molar-refractivity contribution in [3.05, 3.63) is 64.7 Å². The van der Waals surface area contributed by atoms with Crippen LogP contribution >= 0.6 is 0 Å². The fourth-order valence-electron chi connectivity index (χ4n) is 2.92. The van der Waals surface area contributed by atoms with E-state index in [0.717, 1.165) is 5.56 Å². The number of carbonyl (C=O) groups is 2. The average Bonchev–Trinajstić information content (AvgIpc) is 2.96. The molecule has 0 aliphatic carbocycles. The summed E-state index contributed by atoms with van der Waals surface area (Å²) in [6, 6.07) is 11.4. The van der Waals surface area contributed by atoms with Gasteiger partial charge in [-0.1, -0.05) is 35.9 Å². The molecule has 2 aromatic carbocycles. The predicted molar refractivity (Wildman–Crippen MR) is 96.2 cm³/mol. The van der Waals surface area contributed by atoms with Crippen LogP contribution in [0.4, 0.5) is 0 Å². The highest BCUT2D eigenvalue weighted by Crippen LogP contribution is 2.36. The maximum atomic E-state index is 12.4. The number of ether oxygens (including phenoxy) is 2. The van der Waals surface area contributed by atoms with Gasteiger partial charge >= 0.3 is 0 Å². The summed E-state index contributed by atoms with van der Waals surface area (Å²) in [5.41, 5.74) is 2.12. The second-order valence-electron chi connectivity index (χ2n) is 5.98. The maximum absolute atomic E-state index is 12.4. The first-order valence-electron chi connectivity index (χ1n) is 8.03. The molecule has 1 fully saturated rings. The van der Waals surface area contributed by atoms with Gasteiger partial charge < -0.3 is 19.9 Å². The van der Waals surface area contributed by atoms with Gasteiger partial charge in [0, 0.05) is 5.56 Å². The summed E-state index contributed by atoms with van der Waals surface area (Å²) < 4.78 is 10.5. The van der Waals surface area contributed by atoms with E-state index >= 15 is 0 Å². The van der Waals surface area contributed by atoms with Gasteiger partial charge in [0.25, 0.3) is 11.7 Å². The molecule has 3 rings (SSSR count). The molecule has 1 aliphatic rings. The Hall–Kier alpha value is -3.28. The van der Waals surface area contributed by atoms with Gasteiger partial charge in [0.2, 0.25) is 0 Å². The number of aryl methyl sites for hydroxylation is 1. The van der Waals surface area contributed by atoms with Crippen molar-refractivity contribution in [3.8, 4) is 11.5 Å². The molecular formula is C20H19NO5. The smallest absolute Gasteiger partial charge is 0.293 e. The van der Waals surface area contributed by atoms with E-state index in [1.54, 1.807) is 30.3 Å². The molecule has 26 heavy (non-hydrogen) atoms. The van der Waals surface area contributed by atoms with Crippen LogP contribution < -0.4 is 14.8 Å². The lowest BCUT2D eigenvalue weighted by molar-refractivity contribution is -0.133. The van der Waals surface area contributed by atoms with E-state index in [1.165, 1.54) is 14.2 Å². The van der Waals surface area contributed by atoms with Crippen LogP contribution in [0.15, 0.2) is 48.0 Å². The molecule has 1 unspecified atom stereocenters. The molecule has 0 saturated carbocycles. The molecule has 0 radical (unpaired) electrons. The highest BCUT2D eigenvalue weighted by molar-refractivity contribution is 6.46. The first kappa shape index (κ1) is 17.5. The zero-order valence-corrected chi connectivity index (χ0v) is 14.7. The molecule has 134 valence electrons. The number of benzene rings is 2. The van der Waals surface area contributed by atoms with Gasteiger partial charge in [0.15, 0.2) is 11.5 Å². The number of Topliss-reactive ketones (excluding diaryl/α,β-unsaturated/α-hetero) is 1.